The van der Waals surface area contributed by atoms with Crippen LogP contribution in [0.4, 0.5) is 4.79 Å². The first kappa shape index (κ1) is 16.8. The first-order chi connectivity index (χ1) is 10.9. The van der Waals surface area contributed by atoms with Crippen molar-refractivity contribution in [1.82, 2.24) is 5.32 Å². The van der Waals surface area contributed by atoms with Crippen LogP contribution in [-0.4, -0.2) is 18.2 Å². The van der Waals surface area contributed by atoms with Crippen LogP contribution in [0.5, 0.6) is 0 Å². The van der Waals surface area contributed by atoms with Crippen molar-refractivity contribution in [3.8, 4) is 11.1 Å². The van der Waals surface area contributed by atoms with Crippen molar-refractivity contribution in [2.45, 2.75) is 26.4 Å². The van der Waals surface area contributed by atoms with E-state index in [4.69, 9.17) is 4.74 Å². The molecule has 0 saturated carbocycles. The Morgan fingerprint density at radius 1 is 1.00 bits per heavy atom. The number of rotatable bonds is 4. The van der Waals surface area contributed by atoms with Gasteiger partial charge in [-0.15, -0.1) is 0 Å². The van der Waals surface area contributed by atoms with E-state index in [9.17, 15) is 4.79 Å². The van der Waals surface area contributed by atoms with Gasteiger partial charge in [0.1, 0.15) is 5.60 Å². The normalized spacial score (nSPS) is 11.4. The lowest BCUT2D eigenvalue weighted by molar-refractivity contribution is 0.0534. The molecule has 1 N–H and O–H groups in total. The molecule has 0 unspecified atom stereocenters. The van der Waals surface area contributed by atoms with E-state index >= 15 is 0 Å². The van der Waals surface area contributed by atoms with Gasteiger partial charge >= 0.3 is 6.09 Å². The molecule has 0 fully saturated rings. The van der Waals surface area contributed by atoms with E-state index in [1.807, 2.05) is 51.1 Å². The molecule has 0 aliphatic rings. The van der Waals surface area contributed by atoms with Gasteiger partial charge in [-0.1, -0.05) is 66.7 Å². The quantitative estimate of drug-likeness (QED) is 0.873. The topological polar surface area (TPSA) is 38.3 Å². The first-order valence-electron chi connectivity index (χ1n) is 7.73. The number of carbonyl (C=O) groups excluding carboxylic acids is 1. The highest BCUT2D eigenvalue weighted by molar-refractivity contribution is 5.68. The molecule has 0 atom stereocenters. The van der Waals surface area contributed by atoms with Crippen molar-refractivity contribution in [1.29, 1.82) is 0 Å². The zero-order chi connectivity index (χ0) is 16.7. The summed E-state index contributed by atoms with van der Waals surface area (Å²) in [6, 6.07) is 18.6. The Labute approximate surface area is 138 Å². The lowest BCUT2D eigenvalue weighted by atomic mass is 10.0. The Kier molecular flexibility index (Phi) is 5.58. The summed E-state index contributed by atoms with van der Waals surface area (Å²) in [7, 11) is 0. The van der Waals surface area contributed by atoms with Crippen molar-refractivity contribution in [2.75, 3.05) is 6.54 Å². The van der Waals surface area contributed by atoms with E-state index < -0.39 is 11.7 Å². The Balaban J connectivity index is 1.85. The lowest BCUT2D eigenvalue weighted by Crippen LogP contribution is -2.32. The number of amides is 1. The zero-order valence-corrected chi connectivity index (χ0v) is 13.9. The summed E-state index contributed by atoms with van der Waals surface area (Å²) in [6.45, 7) is 5.97. The van der Waals surface area contributed by atoms with Crippen molar-refractivity contribution in [2.24, 2.45) is 0 Å². The van der Waals surface area contributed by atoms with Crippen molar-refractivity contribution >= 4 is 12.2 Å². The van der Waals surface area contributed by atoms with E-state index in [1.165, 1.54) is 11.1 Å². The van der Waals surface area contributed by atoms with Crippen LogP contribution in [0.1, 0.15) is 26.3 Å². The smallest absolute Gasteiger partial charge is 0.407 e. The fourth-order valence-corrected chi connectivity index (χ4v) is 2.07. The predicted octanol–water partition coefficient (Wildman–Crippen LogP) is 4.89. The Hall–Kier alpha value is -2.55. The van der Waals surface area contributed by atoms with Gasteiger partial charge in [-0.3, -0.25) is 0 Å². The second kappa shape index (κ2) is 7.63. The maximum atomic E-state index is 11.5. The fourth-order valence-electron chi connectivity index (χ4n) is 2.07. The third-order valence-electron chi connectivity index (χ3n) is 3.09. The van der Waals surface area contributed by atoms with Crippen LogP contribution in [0.25, 0.3) is 17.2 Å². The summed E-state index contributed by atoms with van der Waals surface area (Å²) >= 11 is 0. The Morgan fingerprint density at radius 2 is 1.61 bits per heavy atom. The maximum absolute atomic E-state index is 11.5. The molecule has 3 heteroatoms. The Bertz CT molecular complexity index is 652. The highest BCUT2D eigenvalue weighted by Crippen LogP contribution is 2.19. The molecule has 0 heterocycles. The number of carbonyl (C=O) groups is 1. The number of alkyl carbamates (subject to hydrolysis) is 1. The minimum Gasteiger partial charge on any atom is -0.444 e. The second-order valence-electron chi connectivity index (χ2n) is 6.27. The second-order valence-corrected chi connectivity index (χ2v) is 6.27. The summed E-state index contributed by atoms with van der Waals surface area (Å²) < 4.78 is 5.17. The molecule has 0 bridgehead atoms. The molecule has 23 heavy (non-hydrogen) atoms. The summed E-state index contributed by atoms with van der Waals surface area (Å²) in [5, 5.41) is 2.70. The third-order valence-corrected chi connectivity index (χ3v) is 3.09. The standard InChI is InChI=1S/C20H23NO2/c1-20(2,3)23-19(22)21-15-7-8-16-11-13-18(14-12-16)17-9-5-4-6-10-17/h4-14H,15H2,1-3H3,(H,21,22). The maximum Gasteiger partial charge on any atom is 0.407 e. The fraction of sp³-hybridized carbons (Fsp3) is 0.250. The molecule has 2 rings (SSSR count). The number of hydrogen-bond donors (Lipinski definition) is 1. The highest BCUT2D eigenvalue weighted by atomic mass is 16.6. The summed E-state index contributed by atoms with van der Waals surface area (Å²) in [6.07, 6.45) is 3.48. The van der Waals surface area contributed by atoms with Gasteiger partial charge in [0.25, 0.3) is 0 Å². The molecule has 120 valence electrons. The van der Waals surface area contributed by atoms with Crippen LogP contribution in [0.15, 0.2) is 60.7 Å². The van der Waals surface area contributed by atoms with Gasteiger partial charge in [0.2, 0.25) is 0 Å². The van der Waals surface area contributed by atoms with E-state index in [1.54, 1.807) is 0 Å². The van der Waals surface area contributed by atoms with Crippen LogP contribution >= 0.6 is 0 Å². The van der Waals surface area contributed by atoms with E-state index in [0.29, 0.717) is 6.54 Å². The molecule has 2 aromatic carbocycles. The number of benzene rings is 2. The average Bonchev–Trinajstić information content (AvgIpc) is 2.51. The van der Waals surface area contributed by atoms with Crippen molar-refractivity contribution in [3.05, 3.63) is 66.2 Å². The lowest BCUT2D eigenvalue weighted by Gasteiger charge is -2.19. The average molecular weight is 309 g/mol. The number of hydrogen-bond acceptors (Lipinski definition) is 2. The third kappa shape index (κ3) is 5.99. The summed E-state index contributed by atoms with van der Waals surface area (Å²) in [5.41, 5.74) is 3.01. The van der Waals surface area contributed by atoms with E-state index in [2.05, 4.69) is 41.7 Å². The van der Waals surface area contributed by atoms with Crippen LogP contribution in [-0.2, 0) is 4.74 Å². The Morgan fingerprint density at radius 3 is 2.22 bits per heavy atom. The molecule has 2 aromatic rings. The summed E-state index contributed by atoms with van der Waals surface area (Å²) in [5.74, 6) is 0. The predicted molar refractivity (Wildman–Crippen MR) is 95.1 cm³/mol. The number of nitrogens with one attached hydrogen (secondary N) is 1. The monoisotopic (exact) mass is 309 g/mol. The minimum atomic E-state index is -0.471. The van der Waals surface area contributed by atoms with Gasteiger partial charge in [0, 0.05) is 6.54 Å². The van der Waals surface area contributed by atoms with Crippen molar-refractivity contribution < 1.29 is 9.53 Å². The van der Waals surface area contributed by atoms with Crippen LogP contribution < -0.4 is 5.32 Å². The van der Waals surface area contributed by atoms with Gasteiger partial charge in [-0.25, -0.2) is 4.79 Å². The molecule has 0 radical (unpaired) electrons. The minimum absolute atomic E-state index is 0.401. The van der Waals surface area contributed by atoms with Gasteiger partial charge in [0.05, 0.1) is 0 Å². The van der Waals surface area contributed by atoms with Crippen LogP contribution in [0.3, 0.4) is 0 Å². The van der Waals surface area contributed by atoms with Gasteiger partial charge < -0.3 is 10.1 Å². The molecule has 3 nitrogen and oxygen atoms in total. The molecule has 0 aliphatic heterocycles. The zero-order valence-electron chi connectivity index (χ0n) is 13.9. The van der Waals surface area contributed by atoms with Gasteiger partial charge in [-0.05, 0) is 37.5 Å². The SMILES string of the molecule is CC(C)(C)OC(=O)NCC=Cc1ccc(-c2ccccc2)cc1. The largest absolute Gasteiger partial charge is 0.444 e. The molecule has 0 aliphatic carbocycles. The van der Waals surface area contributed by atoms with E-state index in [0.717, 1.165) is 5.56 Å². The van der Waals surface area contributed by atoms with Gasteiger partial charge in [-0.2, -0.15) is 0 Å². The number of ether oxygens (including phenoxy) is 1. The molecular weight excluding hydrogens is 286 g/mol. The molecule has 0 spiro atoms. The van der Waals surface area contributed by atoms with Crippen LogP contribution in [0.2, 0.25) is 0 Å². The molecule has 0 aromatic heterocycles. The highest BCUT2D eigenvalue weighted by Gasteiger charge is 2.14. The summed E-state index contributed by atoms with van der Waals surface area (Å²) in [4.78, 5) is 11.5. The molecule has 0 saturated heterocycles. The van der Waals surface area contributed by atoms with E-state index in [-0.39, 0.29) is 0 Å². The molecular formula is C20H23NO2. The van der Waals surface area contributed by atoms with Crippen molar-refractivity contribution in [3.63, 3.8) is 0 Å². The van der Waals surface area contributed by atoms with Gasteiger partial charge in [0.15, 0.2) is 0 Å². The van der Waals surface area contributed by atoms with Crippen LogP contribution in [0, 0.1) is 0 Å². The molecule has 1 amide bonds. The first-order valence-corrected chi connectivity index (χ1v) is 7.73.